The smallest absolute Gasteiger partial charge is 0.262 e. The first-order valence-corrected chi connectivity index (χ1v) is 10.4. The lowest BCUT2D eigenvalue weighted by Crippen LogP contribution is -2.27. The van der Waals surface area contributed by atoms with Crippen LogP contribution in [0.1, 0.15) is 29.7 Å². The number of methoxy groups -OCH3 is 1. The largest absolute Gasteiger partial charge is 0.493 e. The van der Waals surface area contributed by atoms with Crippen molar-refractivity contribution in [2.24, 2.45) is 0 Å². The van der Waals surface area contributed by atoms with E-state index in [4.69, 9.17) is 21.1 Å². The zero-order chi connectivity index (χ0) is 22.9. The summed E-state index contributed by atoms with van der Waals surface area (Å²) in [4.78, 5) is 12.6. The summed E-state index contributed by atoms with van der Waals surface area (Å²) in [7, 11) is 1.53. The standard InChI is InChI=1S/C26H23ClN2O3/c1-18(20-8-4-3-5-9-20)29-26(30)22(16-28)14-19-12-13-24(25(15-19)31-2)32-17-21-10-6-7-11-23(21)27/h3-15,18H,17H2,1-2H3,(H,29,30)/b22-14+. The number of benzene rings is 3. The minimum atomic E-state index is -0.443. The molecule has 5 nitrogen and oxygen atoms in total. The maximum atomic E-state index is 12.6. The quantitative estimate of drug-likeness (QED) is 0.355. The third-order valence-electron chi connectivity index (χ3n) is 4.85. The second-order valence-corrected chi connectivity index (χ2v) is 7.47. The summed E-state index contributed by atoms with van der Waals surface area (Å²) in [6.07, 6.45) is 1.52. The molecule has 3 aromatic rings. The van der Waals surface area contributed by atoms with E-state index in [0.29, 0.717) is 22.1 Å². The highest BCUT2D eigenvalue weighted by Crippen LogP contribution is 2.30. The first-order chi connectivity index (χ1) is 15.5. The first-order valence-electron chi connectivity index (χ1n) is 10.0. The molecule has 0 fully saturated rings. The second kappa shape index (κ2) is 11.0. The minimum Gasteiger partial charge on any atom is -0.493 e. The van der Waals surface area contributed by atoms with Crippen molar-refractivity contribution in [2.45, 2.75) is 19.6 Å². The van der Waals surface area contributed by atoms with Crippen molar-refractivity contribution in [3.05, 3.63) is 100 Å². The summed E-state index contributed by atoms with van der Waals surface area (Å²) in [5.74, 6) is 0.577. The molecule has 0 aliphatic heterocycles. The Hall–Kier alpha value is -3.75. The fourth-order valence-corrected chi connectivity index (χ4v) is 3.27. The number of hydrogen-bond donors (Lipinski definition) is 1. The number of hydrogen-bond acceptors (Lipinski definition) is 4. The maximum absolute atomic E-state index is 12.6. The molecule has 1 atom stereocenters. The van der Waals surface area contributed by atoms with Crippen LogP contribution in [0.5, 0.6) is 11.5 Å². The van der Waals surface area contributed by atoms with Crippen molar-refractivity contribution in [1.29, 1.82) is 5.26 Å². The topological polar surface area (TPSA) is 71.3 Å². The van der Waals surface area contributed by atoms with Gasteiger partial charge in [0.1, 0.15) is 18.2 Å². The van der Waals surface area contributed by atoms with Crippen LogP contribution in [-0.4, -0.2) is 13.0 Å². The molecule has 0 aromatic heterocycles. The summed E-state index contributed by atoms with van der Waals surface area (Å²) in [5, 5.41) is 13.0. The van der Waals surface area contributed by atoms with E-state index in [9.17, 15) is 10.1 Å². The van der Waals surface area contributed by atoms with Crippen LogP contribution in [0.25, 0.3) is 6.08 Å². The van der Waals surface area contributed by atoms with Crippen molar-refractivity contribution in [2.75, 3.05) is 7.11 Å². The third kappa shape index (κ3) is 5.90. The fourth-order valence-electron chi connectivity index (χ4n) is 3.08. The Morgan fingerprint density at radius 1 is 1.09 bits per heavy atom. The average Bonchev–Trinajstić information content (AvgIpc) is 2.82. The van der Waals surface area contributed by atoms with Crippen LogP contribution in [0.3, 0.4) is 0 Å². The molecule has 6 heteroatoms. The van der Waals surface area contributed by atoms with E-state index < -0.39 is 5.91 Å². The Balaban J connectivity index is 1.73. The molecule has 1 unspecified atom stereocenters. The average molecular weight is 447 g/mol. The van der Waals surface area contributed by atoms with Gasteiger partial charge < -0.3 is 14.8 Å². The number of nitriles is 1. The fraction of sp³-hybridized carbons (Fsp3) is 0.154. The van der Waals surface area contributed by atoms with Gasteiger partial charge in [0.15, 0.2) is 11.5 Å². The normalized spacial score (nSPS) is 11.9. The van der Waals surface area contributed by atoms with Crippen LogP contribution in [0.15, 0.2) is 78.4 Å². The number of nitrogens with zero attached hydrogens (tertiary/aromatic N) is 1. The van der Waals surface area contributed by atoms with Gasteiger partial charge in [-0.2, -0.15) is 5.26 Å². The molecule has 3 rings (SSSR count). The second-order valence-electron chi connectivity index (χ2n) is 7.07. The maximum Gasteiger partial charge on any atom is 0.262 e. The molecule has 162 valence electrons. The lowest BCUT2D eigenvalue weighted by Gasteiger charge is -2.14. The van der Waals surface area contributed by atoms with Gasteiger partial charge in [0.2, 0.25) is 0 Å². The summed E-state index contributed by atoms with van der Waals surface area (Å²) in [6.45, 7) is 2.16. The Bertz CT molecular complexity index is 1150. The predicted octanol–water partition coefficient (Wildman–Crippen LogP) is 5.71. The number of amides is 1. The van der Waals surface area contributed by atoms with E-state index in [2.05, 4.69) is 5.32 Å². The number of carbonyl (C=O) groups is 1. The highest BCUT2D eigenvalue weighted by atomic mass is 35.5. The Morgan fingerprint density at radius 2 is 1.81 bits per heavy atom. The number of halogens is 1. The van der Waals surface area contributed by atoms with Crippen molar-refractivity contribution < 1.29 is 14.3 Å². The molecule has 0 aliphatic rings. The first kappa shape index (κ1) is 22.9. The van der Waals surface area contributed by atoms with Gasteiger partial charge in [-0.1, -0.05) is 66.2 Å². The van der Waals surface area contributed by atoms with Gasteiger partial charge in [0, 0.05) is 10.6 Å². The highest BCUT2D eigenvalue weighted by molar-refractivity contribution is 6.31. The van der Waals surface area contributed by atoms with Gasteiger partial charge >= 0.3 is 0 Å². The van der Waals surface area contributed by atoms with Crippen LogP contribution in [0, 0.1) is 11.3 Å². The molecule has 0 saturated heterocycles. The minimum absolute atomic E-state index is 0.000398. The zero-order valence-electron chi connectivity index (χ0n) is 17.8. The molecule has 0 aliphatic carbocycles. The molecule has 0 heterocycles. The van der Waals surface area contributed by atoms with Gasteiger partial charge in [0.25, 0.3) is 5.91 Å². The van der Waals surface area contributed by atoms with E-state index in [1.165, 1.54) is 13.2 Å². The Morgan fingerprint density at radius 3 is 2.50 bits per heavy atom. The summed E-state index contributed by atoms with van der Waals surface area (Å²) in [6, 6.07) is 24.0. The number of rotatable bonds is 8. The van der Waals surface area contributed by atoms with Crippen LogP contribution < -0.4 is 14.8 Å². The predicted molar refractivity (Wildman–Crippen MR) is 125 cm³/mol. The lowest BCUT2D eigenvalue weighted by molar-refractivity contribution is -0.117. The van der Waals surface area contributed by atoms with Crippen LogP contribution >= 0.6 is 11.6 Å². The van der Waals surface area contributed by atoms with Crippen LogP contribution in [0.4, 0.5) is 0 Å². The van der Waals surface area contributed by atoms with E-state index in [1.54, 1.807) is 24.3 Å². The molecule has 0 radical (unpaired) electrons. The number of ether oxygens (including phenoxy) is 2. The van der Waals surface area contributed by atoms with E-state index in [-0.39, 0.29) is 18.2 Å². The molecule has 0 bridgehead atoms. The summed E-state index contributed by atoms with van der Waals surface area (Å²) in [5.41, 5.74) is 2.46. The monoisotopic (exact) mass is 446 g/mol. The number of carbonyl (C=O) groups excluding carboxylic acids is 1. The summed E-state index contributed by atoms with van der Waals surface area (Å²) >= 11 is 6.18. The van der Waals surface area contributed by atoms with Gasteiger partial charge in [-0.15, -0.1) is 0 Å². The van der Waals surface area contributed by atoms with Crippen molar-refractivity contribution in [3.8, 4) is 17.6 Å². The van der Waals surface area contributed by atoms with Crippen LogP contribution in [0.2, 0.25) is 5.02 Å². The molecule has 32 heavy (non-hydrogen) atoms. The number of nitrogens with one attached hydrogen (secondary N) is 1. The van der Waals surface area contributed by atoms with Gasteiger partial charge in [-0.05, 0) is 42.3 Å². The van der Waals surface area contributed by atoms with Gasteiger partial charge in [0.05, 0.1) is 13.2 Å². The molecule has 3 aromatic carbocycles. The SMILES string of the molecule is COc1cc(/C=C(\C#N)C(=O)NC(C)c2ccccc2)ccc1OCc1ccccc1Cl. The zero-order valence-corrected chi connectivity index (χ0v) is 18.6. The molecule has 0 spiro atoms. The Labute approximate surface area is 192 Å². The van der Waals surface area contributed by atoms with Crippen LogP contribution in [-0.2, 0) is 11.4 Å². The Kier molecular flexibility index (Phi) is 7.91. The van der Waals surface area contributed by atoms with Crippen molar-refractivity contribution >= 4 is 23.6 Å². The van der Waals surface area contributed by atoms with E-state index in [0.717, 1.165) is 11.1 Å². The molecular weight excluding hydrogens is 424 g/mol. The third-order valence-corrected chi connectivity index (χ3v) is 5.22. The van der Waals surface area contributed by atoms with E-state index >= 15 is 0 Å². The molecule has 1 amide bonds. The van der Waals surface area contributed by atoms with E-state index in [1.807, 2.05) is 61.5 Å². The molecule has 1 N–H and O–H groups in total. The van der Waals surface area contributed by atoms with Gasteiger partial charge in [-0.3, -0.25) is 4.79 Å². The van der Waals surface area contributed by atoms with Gasteiger partial charge in [-0.25, -0.2) is 0 Å². The highest BCUT2D eigenvalue weighted by Gasteiger charge is 2.14. The molecule has 0 saturated carbocycles. The lowest BCUT2D eigenvalue weighted by atomic mass is 10.1. The summed E-state index contributed by atoms with van der Waals surface area (Å²) < 4.78 is 11.3. The van der Waals surface area contributed by atoms with Crippen molar-refractivity contribution in [3.63, 3.8) is 0 Å². The van der Waals surface area contributed by atoms with Crippen molar-refractivity contribution in [1.82, 2.24) is 5.32 Å². The molecular formula is C26H23ClN2O3.